The number of amides is 1. The van der Waals surface area contributed by atoms with Crippen molar-refractivity contribution >= 4 is 22.5 Å². The van der Waals surface area contributed by atoms with Crippen LogP contribution in [0.4, 0.5) is 5.69 Å². The fourth-order valence-electron chi connectivity index (χ4n) is 2.96. The summed E-state index contributed by atoms with van der Waals surface area (Å²) < 4.78 is 2.00. The first kappa shape index (κ1) is 16.1. The fourth-order valence-corrected chi connectivity index (χ4v) is 2.96. The van der Waals surface area contributed by atoms with Crippen molar-refractivity contribution in [2.75, 3.05) is 26.0 Å². The standard InChI is InChI=1S/C20H23N3O/c1-21(2)16-11-9-15(10-12-16)13-23(4)20(24)18-14-22(3)19-8-6-5-7-17(18)19/h5-12,14H,13H2,1-4H3. The summed E-state index contributed by atoms with van der Waals surface area (Å²) in [6, 6.07) is 16.3. The average Bonchev–Trinajstić information content (AvgIpc) is 2.92. The summed E-state index contributed by atoms with van der Waals surface area (Å²) in [7, 11) is 7.86. The van der Waals surface area contributed by atoms with E-state index in [4.69, 9.17) is 0 Å². The number of carbonyl (C=O) groups excluding carboxylic acids is 1. The molecule has 2 aromatic carbocycles. The number of anilines is 1. The van der Waals surface area contributed by atoms with Crippen molar-refractivity contribution < 1.29 is 4.79 Å². The van der Waals surface area contributed by atoms with Crippen LogP contribution in [-0.2, 0) is 13.6 Å². The van der Waals surface area contributed by atoms with Gasteiger partial charge in [0.05, 0.1) is 5.56 Å². The molecule has 24 heavy (non-hydrogen) atoms. The molecule has 0 fully saturated rings. The summed E-state index contributed by atoms with van der Waals surface area (Å²) in [5, 5.41) is 1.000. The van der Waals surface area contributed by atoms with Gasteiger partial charge in [-0.2, -0.15) is 0 Å². The van der Waals surface area contributed by atoms with E-state index < -0.39 is 0 Å². The van der Waals surface area contributed by atoms with Crippen LogP contribution in [0.15, 0.2) is 54.7 Å². The largest absolute Gasteiger partial charge is 0.378 e. The number of para-hydroxylation sites is 1. The van der Waals surface area contributed by atoms with Crippen molar-refractivity contribution in [3.8, 4) is 0 Å². The summed E-state index contributed by atoms with van der Waals surface area (Å²) in [6.07, 6.45) is 1.92. The Bertz CT molecular complexity index is 862. The SMILES string of the molecule is CN(Cc1ccc(N(C)C)cc1)C(=O)c1cn(C)c2ccccc12. The van der Waals surface area contributed by atoms with Crippen LogP contribution < -0.4 is 4.90 Å². The Kier molecular flexibility index (Phi) is 4.30. The molecule has 0 aliphatic heterocycles. The number of fused-ring (bicyclic) bond motifs is 1. The molecule has 3 aromatic rings. The number of aromatic nitrogens is 1. The number of aryl methyl sites for hydroxylation is 1. The van der Waals surface area contributed by atoms with Crippen molar-refractivity contribution in [1.82, 2.24) is 9.47 Å². The highest BCUT2D eigenvalue weighted by atomic mass is 16.2. The highest BCUT2D eigenvalue weighted by Gasteiger charge is 2.17. The lowest BCUT2D eigenvalue weighted by Gasteiger charge is -2.18. The molecule has 124 valence electrons. The zero-order valence-corrected chi connectivity index (χ0v) is 14.7. The molecular weight excluding hydrogens is 298 g/mol. The summed E-state index contributed by atoms with van der Waals surface area (Å²) in [5.41, 5.74) is 4.10. The maximum atomic E-state index is 12.9. The van der Waals surface area contributed by atoms with Gasteiger partial charge in [0.1, 0.15) is 0 Å². The van der Waals surface area contributed by atoms with Gasteiger partial charge in [0.15, 0.2) is 0 Å². The molecule has 1 aromatic heterocycles. The second-order valence-electron chi connectivity index (χ2n) is 6.39. The first-order valence-electron chi connectivity index (χ1n) is 8.03. The van der Waals surface area contributed by atoms with E-state index in [1.165, 1.54) is 0 Å². The molecule has 4 nitrogen and oxygen atoms in total. The maximum absolute atomic E-state index is 12.9. The Hall–Kier alpha value is -2.75. The zero-order chi connectivity index (χ0) is 17.3. The molecule has 0 N–H and O–H groups in total. The van der Waals surface area contributed by atoms with Gasteiger partial charge >= 0.3 is 0 Å². The summed E-state index contributed by atoms with van der Waals surface area (Å²) in [6.45, 7) is 0.593. The van der Waals surface area contributed by atoms with E-state index in [1.54, 1.807) is 4.90 Å². The van der Waals surface area contributed by atoms with Crippen LogP contribution in [-0.4, -0.2) is 36.5 Å². The third-order valence-electron chi connectivity index (χ3n) is 4.35. The normalized spacial score (nSPS) is 10.8. The lowest BCUT2D eigenvalue weighted by Crippen LogP contribution is -2.26. The predicted molar refractivity (Wildman–Crippen MR) is 99.5 cm³/mol. The summed E-state index contributed by atoms with van der Waals surface area (Å²) >= 11 is 0. The van der Waals surface area contributed by atoms with Crippen LogP contribution in [0, 0.1) is 0 Å². The molecule has 0 saturated heterocycles. The Morgan fingerprint density at radius 1 is 1.00 bits per heavy atom. The molecule has 0 bridgehead atoms. The van der Waals surface area contributed by atoms with Crippen molar-refractivity contribution in [2.45, 2.75) is 6.54 Å². The highest BCUT2D eigenvalue weighted by molar-refractivity contribution is 6.06. The number of hydrogen-bond acceptors (Lipinski definition) is 2. The first-order chi connectivity index (χ1) is 11.5. The smallest absolute Gasteiger partial charge is 0.256 e. The number of nitrogens with zero attached hydrogens (tertiary/aromatic N) is 3. The van der Waals surface area contributed by atoms with Gasteiger partial charge in [-0.25, -0.2) is 0 Å². The van der Waals surface area contributed by atoms with Crippen LogP contribution in [0.5, 0.6) is 0 Å². The van der Waals surface area contributed by atoms with Crippen molar-refractivity contribution in [2.24, 2.45) is 7.05 Å². The number of benzene rings is 2. The molecule has 0 saturated carbocycles. The van der Waals surface area contributed by atoms with Crippen LogP contribution in [0.2, 0.25) is 0 Å². The van der Waals surface area contributed by atoms with E-state index in [9.17, 15) is 4.79 Å². The average molecular weight is 321 g/mol. The third-order valence-corrected chi connectivity index (χ3v) is 4.35. The summed E-state index contributed by atoms with van der Waals surface area (Å²) in [4.78, 5) is 16.7. The molecule has 0 unspecified atom stereocenters. The number of carbonyl (C=O) groups is 1. The van der Waals surface area contributed by atoms with Gasteiger partial charge in [-0.15, -0.1) is 0 Å². The van der Waals surface area contributed by atoms with Crippen molar-refractivity contribution in [3.05, 3.63) is 65.9 Å². The highest BCUT2D eigenvalue weighted by Crippen LogP contribution is 2.22. The molecule has 0 atom stereocenters. The van der Waals surface area contributed by atoms with Gasteiger partial charge in [0, 0.05) is 57.5 Å². The van der Waals surface area contributed by atoms with E-state index in [2.05, 4.69) is 29.2 Å². The van der Waals surface area contributed by atoms with Crippen LogP contribution >= 0.6 is 0 Å². The second kappa shape index (κ2) is 6.40. The molecular formula is C20H23N3O. The van der Waals surface area contributed by atoms with Gasteiger partial charge in [-0.3, -0.25) is 4.79 Å². The molecule has 4 heteroatoms. The molecule has 0 spiro atoms. The Labute approximate surface area is 142 Å². The topological polar surface area (TPSA) is 28.5 Å². The van der Waals surface area contributed by atoms with E-state index in [1.807, 2.05) is 63.2 Å². The van der Waals surface area contributed by atoms with Gasteiger partial charge < -0.3 is 14.4 Å². The molecule has 0 aliphatic rings. The Morgan fingerprint density at radius 3 is 2.33 bits per heavy atom. The van der Waals surface area contributed by atoms with E-state index in [-0.39, 0.29) is 5.91 Å². The van der Waals surface area contributed by atoms with Gasteiger partial charge in [0.25, 0.3) is 5.91 Å². The molecule has 3 rings (SSSR count). The third kappa shape index (κ3) is 3.00. The summed E-state index contributed by atoms with van der Waals surface area (Å²) in [5.74, 6) is 0.0449. The van der Waals surface area contributed by atoms with Crippen LogP contribution in [0.25, 0.3) is 10.9 Å². The van der Waals surface area contributed by atoms with Crippen LogP contribution in [0.3, 0.4) is 0 Å². The molecule has 1 amide bonds. The number of rotatable bonds is 4. The van der Waals surface area contributed by atoms with Crippen molar-refractivity contribution in [3.63, 3.8) is 0 Å². The fraction of sp³-hybridized carbons (Fsp3) is 0.250. The minimum absolute atomic E-state index is 0.0449. The monoisotopic (exact) mass is 321 g/mol. The quantitative estimate of drug-likeness (QED) is 0.735. The Morgan fingerprint density at radius 2 is 1.67 bits per heavy atom. The minimum atomic E-state index is 0.0449. The van der Waals surface area contributed by atoms with Gasteiger partial charge in [0.2, 0.25) is 0 Å². The molecule has 0 radical (unpaired) electrons. The van der Waals surface area contributed by atoms with Gasteiger partial charge in [-0.05, 0) is 23.8 Å². The Balaban J connectivity index is 1.81. The molecule has 1 heterocycles. The number of hydrogen-bond donors (Lipinski definition) is 0. The zero-order valence-electron chi connectivity index (χ0n) is 14.7. The van der Waals surface area contributed by atoms with Crippen molar-refractivity contribution in [1.29, 1.82) is 0 Å². The predicted octanol–water partition coefficient (Wildman–Crippen LogP) is 3.52. The first-order valence-corrected chi connectivity index (χ1v) is 8.03. The molecule has 0 aliphatic carbocycles. The maximum Gasteiger partial charge on any atom is 0.256 e. The van der Waals surface area contributed by atoms with E-state index >= 15 is 0 Å². The van der Waals surface area contributed by atoms with Gasteiger partial charge in [-0.1, -0.05) is 30.3 Å². The van der Waals surface area contributed by atoms with Crippen LogP contribution in [0.1, 0.15) is 15.9 Å². The lowest BCUT2D eigenvalue weighted by molar-refractivity contribution is 0.0787. The minimum Gasteiger partial charge on any atom is -0.378 e. The second-order valence-corrected chi connectivity index (χ2v) is 6.39. The lowest BCUT2D eigenvalue weighted by atomic mass is 10.1. The van der Waals surface area contributed by atoms with E-state index in [0.717, 1.165) is 27.7 Å². The van der Waals surface area contributed by atoms with E-state index in [0.29, 0.717) is 6.54 Å².